The fourth-order valence-corrected chi connectivity index (χ4v) is 17.5. The standard InChI is InChI=1S/C27H34N2O4.2C26H30N2O6.C26H30N2O4/c1-7-28(8-2)15-16-29-25(22-17-21(32-5)13-14-23(22)33-6)24(19(4)27(29)31)26(30)20-11-9-18(3)10-12-20;2*1-17-4-6-18(7-5-17)24(29)22-23(19-8-9-20(32-2)21(16-19)33-3)28(26(31)25(22)30)11-10-27-12-14-34-15-13-27;1-18(2)19-8-10-20(11-9-19)23-22(24(29)21-6-4-3-5-7-21)25(30)26(31)28(23)13-12-27-14-16-32-17-15-27/h9-14,17,25H,7-8,15-16H2,1-6H3;2*4-9,16,23,29H,10-15H2,1-3H3;3-11,18,23,29H,12-17H2,1-2H3. The second kappa shape index (κ2) is 46.5. The Kier molecular flexibility index (Phi) is 34.7. The summed E-state index contributed by atoms with van der Waals surface area (Å²) in [5.74, 6) is -0.917. The van der Waals surface area contributed by atoms with E-state index in [0.29, 0.717) is 170 Å². The molecule has 8 aromatic carbocycles. The van der Waals surface area contributed by atoms with Crippen molar-refractivity contribution in [2.75, 3.05) is 187 Å². The van der Waals surface area contributed by atoms with E-state index >= 15 is 0 Å². The highest BCUT2D eigenvalue weighted by atomic mass is 16.5. The van der Waals surface area contributed by atoms with Crippen molar-refractivity contribution in [1.29, 1.82) is 0 Å². The number of carbonyl (C=O) groups is 8. The van der Waals surface area contributed by atoms with E-state index in [0.717, 1.165) is 86.7 Å². The number of likely N-dealkylation sites (tertiary alicyclic amines) is 3. The predicted octanol–water partition coefficient (Wildman–Crippen LogP) is 13.5. The highest BCUT2D eigenvalue weighted by molar-refractivity contribution is 6.48. The van der Waals surface area contributed by atoms with Crippen LogP contribution in [0, 0.1) is 20.8 Å². The van der Waals surface area contributed by atoms with Gasteiger partial charge in [0, 0.05) is 131 Å². The van der Waals surface area contributed by atoms with Gasteiger partial charge in [-0.15, -0.1) is 0 Å². The van der Waals surface area contributed by atoms with Crippen LogP contribution in [0.3, 0.4) is 0 Å². The molecule has 15 rings (SSSR count). The van der Waals surface area contributed by atoms with Gasteiger partial charge >= 0.3 is 0 Å². The molecule has 6 saturated heterocycles. The number of ketones is 4. The van der Waals surface area contributed by atoms with E-state index in [2.05, 4.69) is 47.3 Å². The molecule has 7 aliphatic rings. The minimum atomic E-state index is -0.748. The first-order valence-electron chi connectivity index (χ1n) is 45.3. The molecule has 133 heavy (non-hydrogen) atoms. The maximum Gasteiger partial charge on any atom is 0.295 e. The number of methoxy groups -OCH3 is 6. The molecule has 6 fully saturated rings. The molecule has 0 bridgehead atoms. The summed E-state index contributed by atoms with van der Waals surface area (Å²) < 4.78 is 49.0. The molecule has 0 spiro atoms. The van der Waals surface area contributed by atoms with E-state index < -0.39 is 59.2 Å². The van der Waals surface area contributed by atoms with Gasteiger partial charge in [-0.25, -0.2) is 0 Å². The van der Waals surface area contributed by atoms with Crippen molar-refractivity contribution in [2.45, 2.75) is 85.5 Å². The number of carbonyl (C=O) groups excluding carboxylic acids is 8. The Hall–Kier alpha value is -12.8. The lowest BCUT2D eigenvalue weighted by Crippen LogP contribution is -2.42. The molecule has 8 aromatic rings. The van der Waals surface area contributed by atoms with Crippen LogP contribution >= 0.6 is 0 Å². The van der Waals surface area contributed by atoms with Crippen molar-refractivity contribution in [1.82, 2.24) is 39.2 Å². The van der Waals surface area contributed by atoms with Crippen LogP contribution in [0.15, 0.2) is 210 Å². The average molecular weight is 1820 g/mol. The number of Topliss-reactive ketones (excluding diaryl/α,β-unsaturated/α-hetero) is 4. The van der Waals surface area contributed by atoms with Crippen molar-refractivity contribution in [3.05, 3.63) is 277 Å². The van der Waals surface area contributed by atoms with Crippen LogP contribution in [0.5, 0.6) is 34.5 Å². The lowest BCUT2D eigenvalue weighted by molar-refractivity contribution is -0.140. The van der Waals surface area contributed by atoms with E-state index in [9.17, 15) is 53.7 Å². The van der Waals surface area contributed by atoms with Gasteiger partial charge in [-0.1, -0.05) is 184 Å². The Balaban J connectivity index is 0.000000160. The van der Waals surface area contributed by atoms with Gasteiger partial charge in [-0.3, -0.25) is 53.1 Å². The van der Waals surface area contributed by atoms with Crippen LogP contribution in [-0.4, -0.2) is 288 Å². The summed E-state index contributed by atoms with van der Waals surface area (Å²) in [7, 11) is 9.35. The normalized spacial score (nSPS) is 19.7. The number of nitrogens with zero attached hydrogens (tertiary/aromatic N) is 8. The number of aliphatic hydroxyl groups is 3. The lowest BCUT2D eigenvalue weighted by Gasteiger charge is -2.31. The molecule has 0 saturated carbocycles. The lowest BCUT2D eigenvalue weighted by atomic mass is 9.90. The molecule has 7 heterocycles. The van der Waals surface area contributed by atoms with E-state index in [1.54, 1.807) is 140 Å². The molecule has 4 amide bonds. The zero-order chi connectivity index (χ0) is 95.3. The number of aliphatic hydroxyl groups excluding tert-OH is 3. The number of aryl methyl sites for hydroxylation is 3. The minimum Gasteiger partial charge on any atom is -0.507 e. The molecule has 0 aromatic heterocycles. The summed E-state index contributed by atoms with van der Waals surface area (Å²) in [6, 6.07) is 52.2. The van der Waals surface area contributed by atoms with Gasteiger partial charge in [-0.05, 0) is 111 Å². The fourth-order valence-electron chi connectivity index (χ4n) is 17.5. The van der Waals surface area contributed by atoms with E-state index in [1.807, 2.05) is 118 Å². The second-order valence-corrected chi connectivity index (χ2v) is 33.8. The van der Waals surface area contributed by atoms with Crippen LogP contribution in [-0.2, 0) is 47.8 Å². The van der Waals surface area contributed by atoms with Gasteiger partial charge in [0.25, 0.3) is 41.0 Å². The number of rotatable bonds is 30. The van der Waals surface area contributed by atoms with Gasteiger partial charge in [-0.2, -0.15) is 0 Å². The molecule has 7 aliphatic heterocycles. The van der Waals surface area contributed by atoms with Gasteiger partial charge in [0.2, 0.25) is 0 Å². The van der Waals surface area contributed by atoms with Crippen molar-refractivity contribution < 1.29 is 96.3 Å². The zero-order valence-corrected chi connectivity index (χ0v) is 78.6. The quantitative estimate of drug-likeness (QED) is 0.0163. The van der Waals surface area contributed by atoms with Crippen LogP contribution in [0.2, 0.25) is 0 Å². The van der Waals surface area contributed by atoms with Crippen LogP contribution in [0.1, 0.15) is 136 Å². The number of likely N-dealkylation sites (N-methyl/N-ethyl adjacent to an activating group) is 1. The summed E-state index contributed by atoms with van der Waals surface area (Å²) in [6.45, 7) is 30.7. The average Bonchev–Trinajstić information content (AvgIpc) is 1.61. The number of hydrogen-bond donors (Lipinski definition) is 3. The van der Waals surface area contributed by atoms with Crippen molar-refractivity contribution in [3.63, 3.8) is 0 Å². The molecule has 0 radical (unpaired) electrons. The third-order valence-corrected chi connectivity index (χ3v) is 25.4. The summed E-state index contributed by atoms with van der Waals surface area (Å²) in [5, 5.41) is 33.5. The number of benzene rings is 8. The summed E-state index contributed by atoms with van der Waals surface area (Å²) in [4.78, 5) is 122. The minimum absolute atomic E-state index is 0.0723. The first kappa shape index (κ1) is 99.2. The molecule has 704 valence electrons. The van der Waals surface area contributed by atoms with Gasteiger partial charge in [0.15, 0.2) is 28.8 Å². The second-order valence-electron chi connectivity index (χ2n) is 33.8. The third-order valence-electron chi connectivity index (χ3n) is 25.4. The van der Waals surface area contributed by atoms with Crippen molar-refractivity contribution in [2.24, 2.45) is 0 Å². The molecule has 4 atom stereocenters. The van der Waals surface area contributed by atoms with E-state index in [1.165, 1.54) is 19.8 Å². The molecular formula is C105H124N8O20. The first-order chi connectivity index (χ1) is 64.2. The van der Waals surface area contributed by atoms with Crippen LogP contribution < -0.4 is 28.4 Å². The topological polar surface area (TPSA) is 306 Å². The summed E-state index contributed by atoms with van der Waals surface area (Å²) in [6.07, 6.45) is 0. The monoisotopic (exact) mass is 1820 g/mol. The Morgan fingerprint density at radius 2 is 0.722 bits per heavy atom. The number of amides is 4. The Labute approximate surface area is 779 Å². The van der Waals surface area contributed by atoms with Gasteiger partial charge in [0.05, 0.1) is 123 Å². The maximum atomic E-state index is 13.7. The predicted molar refractivity (Wildman–Crippen MR) is 507 cm³/mol. The maximum absolute atomic E-state index is 13.7. The Bertz CT molecular complexity index is 5400. The molecule has 28 heteroatoms. The largest absolute Gasteiger partial charge is 0.507 e. The van der Waals surface area contributed by atoms with Crippen LogP contribution in [0.4, 0.5) is 0 Å². The fraction of sp³-hybridized carbons (Fsp3) is 0.390. The molecule has 3 N–H and O–H groups in total. The highest BCUT2D eigenvalue weighted by Crippen LogP contribution is 2.48. The van der Waals surface area contributed by atoms with E-state index in [4.69, 9.17) is 42.6 Å². The van der Waals surface area contributed by atoms with Crippen molar-refractivity contribution in [3.8, 4) is 34.5 Å². The molecular weight excluding hydrogens is 1690 g/mol. The van der Waals surface area contributed by atoms with Crippen LogP contribution in [0.25, 0.3) is 17.3 Å². The van der Waals surface area contributed by atoms with Gasteiger partial charge < -0.3 is 82.5 Å². The number of ether oxygens (including phenoxy) is 9. The molecule has 0 aliphatic carbocycles. The summed E-state index contributed by atoms with van der Waals surface area (Å²) >= 11 is 0. The SMILES string of the molecule is CC(C)c1ccc(C2C(=C(O)c3ccccc3)C(=O)C(=O)N2CCN2CCOCC2)cc1.CCN(CC)CCN1C(=O)C(C)=C(C(=O)c2ccc(C)cc2)C1c1cc(OC)ccc1OC.COc1ccc(C2C(=C(O)c3ccc(C)cc3)C(=O)C(=O)N2CCN2CCOCC2)cc1OC.COc1ccc(C2C(=C(O)c3ccc(C)cc3)C(=O)C(=O)N2CCN2CCOCC2)cc1OC. The molecule has 28 nitrogen and oxygen atoms in total. The van der Waals surface area contributed by atoms with Gasteiger partial charge in [0.1, 0.15) is 28.8 Å². The molecule has 4 unspecified atom stereocenters. The third kappa shape index (κ3) is 23.1. The Morgan fingerprint density at radius 1 is 0.376 bits per heavy atom. The number of morpholine rings is 3. The summed E-state index contributed by atoms with van der Waals surface area (Å²) in [5.41, 5.74) is 10.6. The Morgan fingerprint density at radius 3 is 1.08 bits per heavy atom. The first-order valence-corrected chi connectivity index (χ1v) is 45.3. The highest BCUT2D eigenvalue weighted by Gasteiger charge is 2.50. The zero-order valence-electron chi connectivity index (χ0n) is 78.6. The smallest absolute Gasteiger partial charge is 0.295 e. The van der Waals surface area contributed by atoms with E-state index in [-0.39, 0.29) is 45.7 Å². The van der Waals surface area contributed by atoms with Crippen molar-refractivity contribution >= 4 is 64.0 Å². The number of hydrogen-bond acceptors (Lipinski definition) is 24.